The molecule has 0 aliphatic carbocycles. The molecular weight excluding hydrogens is 671 g/mol. The summed E-state index contributed by atoms with van der Waals surface area (Å²) >= 11 is 3.58. The molecular formula is C34H44BrFN4O5Si. The molecule has 0 saturated carbocycles. The number of fused-ring (bicyclic) bond motifs is 2. The number of nitrogens with one attached hydrogen (secondary N) is 2. The Hall–Kier alpha value is -2.64. The van der Waals surface area contributed by atoms with Gasteiger partial charge in [0.25, 0.3) is 5.91 Å². The summed E-state index contributed by atoms with van der Waals surface area (Å²) in [6.07, 6.45) is 2.54. The number of carbonyl (C=O) groups excluding carboxylic acids is 3. The zero-order valence-electron chi connectivity index (χ0n) is 26.7. The fraction of sp³-hybridized carbons (Fsp3) is 0.559. The predicted molar refractivity (Wildman–Crippen MR) is 180 cm³/mol. The van der Waals surface area contributed by atoms with E-state index in [1.807, 2.05) is 49.4 Å². The lowest BCUT2D eigenvalue weighted by Crippen LogP contribution is -2.45. The van der Waals surface area contributed by atoms with E-state index in [1.54, 1.807) is 22.9 Å². The van der Waals surface area contributed by atoms with Crippen LogP contribution < -0.4 is 15.5 Å². The molecule has 46 heavy (non-hydrogen) atoms. The molecule has 0 radical (unpaired) electrons. The van der Waals surface area contributed by atoms with Gasteiger partial charge in [-0.3, -0.25) is 14.4 Å². The molecule has 3 saturated heterocycles. The van der Waals surface area contributed by atoms with Gasteiger partial charge in [0, 0.05) is 40.3 Å². The first kappa shape index (κ1) is 33.3. The molecule has 12 heteroatoms. The molecule has 2 aromatic carbocycles. The van der Waals surface area contributed by atoms with Crippen LogP contribution in [0.2, 0.25) is 18.6 Å². The first-order valence-electron chi connectivity index (χ1n) is 16.4. The highest BCUT2D eigenvalue weighted by molar-refractivity contribution is 9.10. The first-order valence-corrected chi connectivity index (χ1v) is 20.2. The summed E-state index contributed by atoms with van der Waals surface area (Å²) in [7, 11) is -3.45. The molecule has 3 fully saturated rings. The molecule has 4 aliphatic rings. The third-order valence-electron chi connectivity index (χ3n) is 10.4. The molecule has 1 unspecified atom stereocenters. The van der Waals surface area contributed by atoms with E-state index in [1.165, 1.54) is 0 Å². The number of hydrogen-bond acceptors (Lipinski definition) is 6. The lowest BCUT2D eigenvalue weighted by molar-refractivity contribution is -0.150. The normalized spacial score (nSPS) is 29.4. The molecule has 4 heterocycles. The van der Waals surface area contributed by atoms with Gasteiger partial charge < -0.3 is 34.4 Å². The topological polar surface area (TPSA) is 111 Å². The number of amides is 3. The third kappa shape index (κ3) is 6.07. The first-order chi connectivity index (χ1) is 21.9. The molecule has 6 rings (SSSR count). The van der Waals surface area contributed by atoms with E-state index in [0.717, 1.165) is 42.3 Å². The molecule has 0 aromatic heterocycles. The van der Waals surface area contributed by atoms with Crippen molar-refractivity contribution < 1.29 is 28.3 Å². The van der Waals surface area contributed by atoms with E-state index in [-0.39, 0.29) is 49.3 Å². The Bertz CT molecular complexity index is 1500. The largest absolute Gasteiger partial charge is 0.394 e. The van der Waals surface area contributed by atoms with Crippen molar-refractivity contribution in [3.05, 3.63) is 58.1 Å². The van der Waals surface area contributed by atoms with Gasteiger partial charge in [0.1, 0.15) is 0 Å². The summed E-state index contributed by atoms with van der Waals surface area (Å²) in [5.41, 5.74) is 0.801. The Morgan fingerprint density at radius 1 is 1.20 bits per heavy atom. The monoisotopic (exact) mass is 714 g/mol. The summed E-state index contributed by atoms with van der Waals surface area (Å²) in [4.78, 5) is 44.5. The fourth-order valence-corrected chi connectivity index (χ4v) is 11.1. The predicted octanol–water partition coefficient (Wildman–Crippen LogP) is 5.08. The second kappa shape index (κ2) is 13.1. The van der Waals surface area contributed by atoms with Crippen molar-refractivity contribution in [2.24, 2.45) is 11.8 Å². The minimum atomic E-state index is -3.45. The Morgan fingerprint density at radius 3 is 2.72 bits per heavy atom. The van der Waals surface area contributed by atoms with Crippen molar-refractivity contribution in [1.29, 1.82) is 0 Å². The van der Waals surface area contributed by atoms with Crippen LogP contribution in [0, 0.1) is 11.8 Å². The molecule has 2 aromatic rings. The highest BCUT2D eigenvalue weighted by Crippen LogP contribution is 2.60. The van der Waals surface area contributed by atoms with Crippen LogP contribution in [-0.4, -0.2) is 74.5 Å². The van der Waals surface area contributed by atoms with Crippen molar-refractivity contribution in [1.82, 2.24) is 10.2 Å². The van der Waals surface area contributed by atoms with Gasteiger partial charge in [0.05, 0.1) is 43.3 Å². The van der Waals surface area contributed by atoms with Gasteiger partial charge in [-0.15, -0.1) is 0 Å². The van der Waals surface area contributed by atoms with Crippen LogP contribution in [-0.2, 0) is 31.3 Å². The van der Waals surface area contributed by atoms with Gasteiger partial charge in [0.2, 0.25) is 20.2 Å². The summed E-state index contributed by atoms with van der Waals surface area (Å²) < 4.78 is 23.8. The summed E-state index contributed by atoms with van der Waals surface area (Å²) in [6, 6.07) is 12.9. The zero-order chi connectivity index (χ0) is 32.8. The molecule has 248 valence electrons. The Kier molecular flexibility index (Phi) is 9.48. The molecule has 9 nitrogen and oxygen atoms in total. The van der Waals surface area contributed by atoms with Crippen LogP contribution in [0.3, 0.4) is 0 Å². The average molecular weight is 716 g/mol. The number of anilines is 2. The Labute approximate surface area is 279 Å². The second-order valence-corrected chi connectivity index (χ2v) is 18.5. The molecule has 1 spiro atoms. The SMILES string of the molecule is C[C@@H]1[C@@H]([Si](C)(C)F)[C@H](CC(=O)N2CCC[C@H]2CO)O[C@@]12C(=O)N(Cc1cccc(NC(=O)C3CCCNC3)c1)c1ccc(Br)cc12. The van der Waals surface area contributed by atoms with Crippen molar-refractivity contribution >= 4 is 53.4 Å². The van der Waals surface area contributed by atoms with Crippen LogP contribution in [0.15, 0.2) is 46.9 Å². The number of benzene rings is 2. The second-order valence-electron chi connectivity index (χ2n) is 13.8. The Morgan fingerprint density at radius 2 is 2.00 bits per heavy atom. The van der Waals surface area contributed by atoms with Crippen molar-refractivity contribution in [2.45, 2.75) is 82.0 Å². The number of aliphatic hydroxyl groups excluding tert-OH is 1. The summed E-state index contributed by atoms with van der Waals surface area (Å²) in [6.45, 7) is 7.41. The van der Waals surface area contributed by atoms with Crippen LogP contribution >= 0.6 is 15.9 Å². The van der Waals surface area contributed by atoms with Crippen LogP contribution in [0.4, 0.5) is 15.5 Å². The maximum Gasteiger partial charge on any atom is 0.264 e. The number of rotatable bonds is 8. The van der Waals surface area contributed by atoms with E-state index >= 15 is 4.11 Å². The number of hydrogen-bond donors (Lipinski definition) is 3. The van der Waals surface area contributed by atoms with E-state index in [9.17, 15) is 19.5 Å². The van der Waals surface area contributed by atoms with Gasteiger partial charge in [-0.25, -0.2) is 0 Å². The lowest BCUT2D eigenvalue weighted by atomic mass is 9.82. The highest BCUT2D eigenvalue weighted by atomic mass is 79.9. The number of nitrogens with zero attached hydrogens (tertiary/aromatic N) is 2. The lowest BCUT2D eigenvalue weighted by Gasteiger charge is -2.31. The van der Waals surface area contributed by atoms with E-state index in [0.29, 0.717) is 30.0 Å². The number of likely N-dealkylation sites (tertiary alicyclic amines) is 1. The van der Waals surface area contributed by atoms with Gasteiger partial charge in [-0.2, -0.15) is 0 Å². The summed E-state index contributed by atoms with van der Waals surface area (Å²) in [5.74, 6) is -1.07. The van der Waals surface area contributed by atoms with Crippen LogP contribution in [0.5, 0.6) is 0 Å². The molecule has 0 bridgehead atoms. The maximum atomic E-state index is 16.2. The number of halogens is 2. The smallest absolute Gasteiger partial charge is 0.264 e. The van der Waals surface area contributed by atoms with Crippen molar-refractivity contribution in [2.75, 3.05) is 36.5 Å². The number of aliphatic hydroxyl groups is 1. The Balaban J connectivity index is 1.29. The molecule has 6 atom stereocenters. The zero-order valence-corrected chi connectivity index (χ0v) is 29.3. The van der Waals surface area contributed by atoms with Crippen LogP contribution in [0.25, 0.3) is 0 Å². The fourth-order valence-electron chi connectivity index (χ4n) is 8.27. The minimum Gasteiger partial charge on any atom is -0.394 e. The van der Waals surface area contributed by atoms with Gasteiger partial charge in [-0.05, 0) is 81.2 Å². The highest BCUT2D eigenvalue weighted by Gasteiger charge is 2.67. The summed E-state index contributed by atoms with van der Waals surface area (Å²) in [5, 5.41) is 16.1. The van der Waals surface area contributed by atoms with Gasteiger partial charge >= 0.3 is 0 Å². The third-order valence-corrected chi connectivity index (χ3v) is 13.4. The average Bonchev–Trinajstić information content (AvgIpc) is 3.68. The van der Waals surface area contributed by atoms with Crippen molar-refractivity contribution in [3.63, 3.8) is 0 Å². The quantitative estimate of drug-likeness (QED) is 0.260. The van der Waals surface area contributed by atoms with Crippen molar-refractivity contribution in [3.8, 4) is 0 Å². The van der Waals surface area contributed by atoms with E-state index in [2.05, 4.69) is 26.6 Å². The number of carbonyl (C=O) groups is 3. The minimum absolute atomic E-state index is 0.0206. The maximum absolute atomic E-state index is 16.2. The number of ether oxygens (including phenoxy) is 1. The van der Waals surface area contributed by atoms with Gasteiger partial charge in [-0.1, -0.05) is 35.0 Å². The number of piperidine rings is 1. The standard InChI is InChI=1S/C34H44BrFN4O5Si/c1-21-31(46(2,3)36)29(17-30(42)39-14-6-10-26(39)20-41)45-34(21)27-16-24(35)11-12-28(27)40(33(34)44)19-22-7-4-9-25(15-22)38-32(43)23-8-5-13-37-18-23/h4,7,9,11-12,15-16,21,23,26,29,31,37,41H,5-6,8,10,13-14,17-20H2,1-3H3,(H,38,43)/t21-,23?,26+,29+,31-,34+/m1/s1. The van der Waals surface area contributed by atoms with E-state index in [4.69, 9.17) is 4.74 Å². The molecule has 3 N–H and O–H groups in total. The molecule has 4 aliphatic heterocycles. The van der Waals surface area contributed by atoms with E-state index < -0.39 is 31.6 Å². The molecule has 3 amide bonds. The van der Waals surface area contributed by atoms with Gasteiger partial charge in [0.15, 0.2) is 5.60 Å². The van der Waals surface area contributed by atoms with Crippen LogP contribution in [0.1, 0.15) is 50.2 Å².